The van der Waals surface area contributed by atoms with Gasteiger partial charge in [0.25, 0.3) is 0 Å². The predicted molar refractivity (Wildman–Crippen MR) is 76.8 cm³/mol. The highest BCUT2D eigenvalue weighted by molar-refractivity contribution is 5.65. The van der Waals surface area contributed by atoms with Crippen LogP contribution in [0.15, 0.2) is 36.7 Å². The molecule has 0 saturated heterocycles. The lowest BCUT2D eigenvalue weighted by molar-refractivity contribution is 0.244. The fourth-order valence-electron chi connectivity index (χ4n) is 1.62. The second kappa shape index (κ2) is 6.38. The van der Waals surface area contributed by atoms with E-state index in [0.29, 0.717) is 11.6 Å². The number of nitrogens with zero attached hydrogens (tertiary/aromatic N) is 3. The number of benzene rings is 1. The molecule has 20 heavy (non-hydrogen) atoms. The molecule has 0 atom stereocenters. The van der Waals surface area contributed by atoms with Crippen LogP contribution in [0.3, 0.4) is 0 Å². The van der Waals surface area contributed by atoms with Gasteiger partial charge in [-0.2, -0.15) is 5.26 Å². The summed E-state index contributed by atoms with van der Waals surface area (Å²) in [6, 6.07) is 9.25. The number of aromatic nitrogens is 2. The summed E-state index contributed by atoms with van der Waals surface area (Å²) >= 11 is 0. The predicted octanol–water partition coefficient (Wildman–Crippen LogP) is 2.90. The normalized spacial score (nSPS) is 9.90. The van der Waals surface area contributed by atoms with Crippen LogP contribution in [0.4, 0.5) is 17.3 Å². The molecule has 1 aromatic carbocycles. The monoisotopic (exact) mass is 269 g/mol. The molecule has 2 rings (SSSR count). The van der Waals surface area contributed by atoms with Gasteiger partial charge in [-0.3, -0.25) is 5.32 Å². The molecule has 0 aliphatic rings. The zero-order chi connectivity index (χ0) is 14.4. The van der Waals surface area contributed by atoms with Crippen LogP contribution in [0.25, 0.3) is 0 Å². The van der Waals surface area contributed by atoms with E-state index in [1.165, 1.54) is 6.33 Å². The van der Waals surface area contributed by atoms with Crippen molar-refractivity contribution >= 4 is 17.3 Å². The summed E-state index contributed by atoms with van der Waals surface area (Å²) in [5.74, 6) is 1.76. The minimum absolute atomic E-state index is 0.0826. The minimum atomic E-state index is 0.0826. The van der Waals surface area contributed by atoms with Gasteiger partial charge in [-0.05, 0) is 26.0 Å². The molecule has 0 spiro atoms. The first kappa shape index (κ1) is 13.6. The van der Waals surface area contributed by atoms with Crippen molar-refractivity contribution in [2.75, 3.05) is 10.6 Å². The molecule has 0 amide bonds. The SMILES string of the molecule is CC(C)Oc1ccccc1Nc1cc(NC#N)ncn1. The average Bonchev–Trinajstić information content (AvgIpc) is 2.41. The summed E-state index contributed by atoms with van der Waals surface area (Å²) < 4.78 is 5.72. The molecule has 0 aliphatic carbocycles. The number of rotatable bonds is 5. The van der Waals surface area contributed by atoms with Crippen LogP contribution < -0.4 is 15.4 Å². The van der Waals surface area contributed by atoms with Crippen LogP contribution in [0.2, 0.25) is 0 Å². The lowest BCUT2D eigenvalue weighted by Crippen LogP contribution is -2.07. The average molecular weight is 269 g/mol. The summed E-state index contributed by atoms with van der Waals surface area (Å²) in [7, 11) is 0. The van der Waals surface area contributed by atoms with Crippen LogP contribution >= 0.6 is 0 Å². The highest BCUT2D eigenvalue weighted by Gasteiger charge is 2.06. The van der Waals surface area contributed by atoms with Crippen molar-refractivity contribution < 1.29 is 4.74 Å². The fraction of sp³-hybridized carbons (Fsp3) is 0.214. The van der Waals surface area contributed by atoms with E-state index in [1.54, 1.807) is 6.07 Å². The zero-order valence-electron chi connectivity index (χ0n) is 11.3. The number of hydrogen-bond acceptors (Lipinski definition) is 6. The maximum Gasteiger partial charge on any atom is 0.182 e. The van der Waals surface area contributed by atoms with Gasteiger partial charge in [0.2, 0.25) is 0 Å². The molecular weight excluding hydrogens is 254 g/mol. The lowest BCUT2D eigenvalue weighted by Gasteiger charge is -2.15. The van der Waals surface area contributed by atoms with Crippen molar-refractivity contribution in [1.29, 1.82) is 5.26 Å². The highest BCUT2D eigenvalue weighted by atomic mass is 16.5. The third kappa shape index (κ3) is 3.59. The molecule has 6 nitrogen and oxygen atoms in total. The van der Waals surface area contributed by atoms with Crippen molar-refractivity contribution in [1.82, 2.24) is 9.97 Å². The second-order valence-corrected chi connectivity index (χ2v) is 4.31. The smallest absolute Gasteiger partial charge is 0.182 e. The molecular formula is C14H15N5O. The van der Waals surface area contributed by atoms with Crippen molar-refractivity contribution in [2.45, 2.75) is 20.0 Å². The number of hydrogen-bond donors (Lipinski definition) is 2. The first-order valence-electron chi connectivity index (χ1n) is 6.19. The maximum atomic E-state index is 8.58. The van der Waals surface area contributed by atoms with E-state index in [1.807, 2.05) is 44.3 Å². The third-order valence-electron chi connectivity index (χ3n) is 2.36. The highest BCUT2D eigenvalue weighted by Crippen LogP contribution is 2.27. The molecule has 6 heteroatoms. The van der Waals surface area contributed by atoms with E-state index >= 15 is 0 Å². The van der Waals surface area contributed by atoms with Gasteiger partial charge in [-0.1, -0.05) is 12.1 Å². The van der Waals surface area contributed by atoms with Gasteiger partial charge in [0.15, 0.2) is 6.19 Å². The Bertz CT molecular complexity index is 621. The first-order chi connectivity index (χ1) is 9.69. The quantitative estimate of drug-likeness (QED) is 0.641. The first-order valence-corrected chi connectivity index (χ1v) is 6.19. The van der Waals surface area contributed by atoms with Crippen LogP contribution in [0.5, 0.6) is 5.75 Å². The molecule has 2 N–H and O–H groups in total. The summed E-state index contributed by atoms with van der Waals surface area (Å²) in [6.45, 7) is 3.94. The van der Waals surface area contributed by atoms with Gasteiger partial charge in [0.05, 0.1) is 11.8 Å². The summed E-state index contributed by atoms with van der Waals surface area (Å²) in [4.78, 5) is 8.04. The van der Waals surface area contributed by atoms with Gasteiger partial charge in [-0.25, -0.2) is 9.97 Å². The molecule has 0 fully saturated rings. The Morgan fingerprint density at radius 2 is 1.95 bits per heavy atom. The Balaban J connectivity index is 2.21. The number of nitrogens with one attached hydrogen (secondary N) is 2. The summed E-state index contributed by atoms with van der Waals surface area (Å²) in [5, 5.41) is 14.2. The van der Waals surface area contributed by atoms with E-state index in [-0.39, 0.29) is 6.10 Å². The molecule has 0 radical (unpaired) electrons. The topological polar surface area (TPSA) is 82.9 Å². The Morgan fingerprint density at radius 1 is 1.20 bits per heavy atom. The summed E-state index contributed by atoms with van der Waals surface area (Å²) in [5.41, 5.74) is 0.808. The van der Waals surface area contributed by atoms with E-state index in [2.05, 4.69) is 20.6 Å². The van der Waals surface area contributed by atoms with Crippen LogP contribution in [-0.2, 0) is 0 Å². The van der Waals surface area contributed by atoms with Gasteiger partial charge in [0.1, 0.15) is 23.7 Å². The van der Waals surface area contributed by atoms with Crippen molar-refractivity contribution in [3.63, 3.8) is 0 Å². The van der Waals surface area contributed by atoms with Crippen molar-refractivity contribution in [2.24, 2.45) is 0 Å². The fourth-order valence-corrected chi connectivity index (χ4v) is 1.62. The number of ether oxygens (including phenoxy) is 1. The molecule has 0 unspecified atom stereocenters. The standard InChI is InChI=1S/C14H15N5O/c1-10(2)20-12-6-4-3-5-11(12)19-14-7-13(16-8-15)17-9-18-14/h3-7,9-10H,1-2H3,(H2,16,17,18,19). The van der Waals surface area contributed by atoms with E-state index in [9.17, 15) is 0 Å². The number of anilines is 3. The van der Waals surface area contributed by atoms with Gasteiger partial charge >= 0.3 is 0 Å². The lowest BCUT2D eigenvalue weighted by atomic mass is 10.3. The van der Waals surface area contributed by atoms with Crippen LogP contribution in [0.1, 0.15) is 13.8 Å². The maximum absolute atomic E-state index is 8.58. The largest absolute Gasteiger partial charge is 0.489 e. The van der Waals surface area contributed by atoms with Crippen molar-refractivity contribution in [3.8, 4) is 11.9 Å². The Kier molecular flexibility index (Phi) is 4.35. The second-order valence-electron chi connectivity index (χ2n) is 4.31. The van der Waals surface area contributed by atoms with E-state index < -0.39 is 0 Å². The Labute approximate surface area is 117 Å². The number of para-hydroxylation sites is 2. The van der Waals surface area contributed by atoms with Crippen LogP contribution in [0, 0.1) is 11.5 Å². The third-order valence-corrected chi connectivity index (χ3v) is 2.36. The molecule has 1 heterocycles. The minimum Gasteiger partial charge on any atom is -0.489 e. The summed E-state index contributed by atoms with van der Waals surface area (Å²) in [6.07, 6.45) is 3.29. The van der Waals surface area contributed by atoms with E-state index in [4.69, 9.17) is 10.00 Å². The molecule has 0 saturated carbocycles. The Morgan fingerprint density at radius 3 is 2.70 bits per heavy atom. The van der Waals surface area contributed by atoms with Gasteiger partial charge < -0.3 is 10.1 Å². The molecule has 0 bridgehead atoms. The van der Waals surface area contributed by atoms with E-state index in [0.717, 1.165) is 11.4 Å². The van der Waals surface area contributed by atoms with Gasteiger partial charge in [-0.15, -0.1) is 0 Å². The number of nitriles is 1. The molecule has 0 aliphatic heterocycles. The Hall–Kier alpha value is -2.81. The zero-order valence-corrected chi connectivity index (χ0v) is 11.3. The van der Waals surface area contributed by atoms with Gasteiger partial charge in [0, 0.05) is 6.07 Å². The van der Waals surface area contributed by atoms with Crippen molar-refractivity contribution in [3.05, 3.63) is 36.7 Å². The molecule has 2 aromatic rings. The molecule has 102 valence electrons. The molecule has 1 aromatic heterocycles. The van der Waals surface area contributed by atoms with Crippen LogP contribution in [-0.4, -0.2) is 16.1 Å².